The van der Waals surface area contributed by atoms with Crippen molar-refractivity contribution in [2.45, 2.75) is 39.0 Å². The van der Waals surface area contributed by atoms with E-state index in [1.54, 1.807) is 48.5 Å². The lowest BCUT2D eigenvalue weighted by molar-refractivity contribution is -0.116. The molecule has 0 aliphatic rings. The predicted octanol–water partition coefficient (Wildman–Crippen LogP) is 5.05. The van der Waals surface area contributed by atoms with E-state index in [0.29, 0.717) is 30.2 Å². The maximum Gasteiger partial charge on any atom is 0.411 e. The Morgan fingerprint density at radius 2 is 1.58 bits per heavy atom. The standard InChI is InChI=1S/C25H32N2O6/c1-3-4-5-15-32-22-11-9-19(10-12-22)23(28)13-14-24(29)26-20-7-6-8-21(18-20)27-25(30)33-17-16-31-2/h6-12,18H,3-5,13-17H2,1-2H3,(H,26,29)(H,27,30). The highest BCUT2D eigenvalue weighted by Crippen LogP contribution is 2.17. The molecule has 2 aromatic carbocycles. The first-order chi connectivity index (χ1) is 16.0. The molecule has 0 saturated carbocycles. The average Bonchev–Trinajstić information content (AvgIpc) is 2.81. The van der Waals surface area contributed by atoms with Gasteiger partial charge in [-0.15, -0.1) is 0 Å². The third-order valence-electron chi connectivity index (χ3n) is 4.69. The molecule has 2 N–H and O–H groups in total. The van der Waals surface area contributed by atoms with Gasteiger partial charge in [-0.25, -0.2) is 4.79 Å². The Morgan fingerprint density at radius 1 is 0.848 bits per heavy atom. The van der Waals surface area contributed by atoms with Gasteiger partial charge in [-0.05, 0) is 48.9 Å². The molecule has 0 bridgehead atoms. The molecular formula is C25H32N2O6. The van der Waals surface area contributed by atoms with E-state index in [0.717, 1.165) is 25.0 Å². The van der Waals surface area contributed by atoms with E-state index < -0.39 is 6.09 Å². The van der Waals surface area contributed by atoms with Crippen LogP contribution < -0.4 is 15.4 Å². The largest absolute Gasteiger partial charge is 0.494 e. The predicted molar refractivity (Wildman–Crippen MR) is 127 cm³/mol. The summed E-state index contributed by atoms with van der Waals surface area (Å²) in [6, 6.07) is 13.7. The van der Waals surface area contributed by atoms with Crippen molar-refractivity contribution in [1.82, 2.24) is 0 Å². The lowest BCUT2D eigenvalue weighted by Crippen LogP contribution is -2.17. The van der Waals surface area contributed by atoms with Crippen LogP contribution in [-0.4, -0.2) is 44.7 Å². The number of anilines is 2. The Bertz CT molecular complexity index is 898. The van der Waals surface area contributed by atoms with Crippen LogP contribution in [0.2, 0.25) is 0 Å². The first-order valence-electron chi connectivity index (χ1n) is 11.1. The molecule has 0 fully saturated rings. The van der Waals surface area contributed by atoms with Crippen LogP contribution >= 0.6 is 0 Å². The van der Waals surface area contributed by atoms with Gasteiger partial charge in [0.15, 0.2) is 5.78 Å². The lowest BCUT2D eigenvalue weighted by Gasteiger charge is -2.09. The van der Waals surface area contributed by atoms with Crippen molar-refractivity contribution in [2.24, 2.45) is 0 Å². The number of unbranched alkanes of at least 4 members (excludes halogenated alkanes) is 2. The van der Waals surface area contributed by atoms with Gasteiger partial charge in [0, 0.05) is 36.9 Å². The average molecular weight is 457 g/mol. The molecule has 0 heterocycles. The van der Waals surface area contributed by atoms with Gasteiger partial charge in [-0.3, -0.25) is 14.9 Å². The topological polar surface area (TPSA) is 103 Å². The van der Waals surface area contributed by atoms with Crippen molar-refractivity contribution in [1.29, 1.82) is 0 Å². The maximum absolute atomic E-state index is 12.4. The van der Waals surface area contributed by atoms with Crippen LogP contribution in [-0.2, 0) is 14.3 Å². The fourth-order valence-electron chi connectivity index (χ4n) is 2.92. The number of nitrogens with one attached hydrogen (secondary N) is 2. The molecule has 0 unspecified atom stereocenters. The van der Waals surface area contributed by atoms with Gasteiger partial charge in [0.1, 0.15) is 12.4 Å². The highest BCUT2D eigenvalue weighted by Gasteiger charge is 2.11. The summed E-state index contributed by atoms with van der Waals surface area (Å²) in [4.78, 5) is 36.4. The summed E-state index contributed by atoms with van der Waals surface area (Å²) < 4.78 is 15.4. The van der Waals surface area contributed by atoms with Crippen molar-refractivity contribution in [2.75, 3.05) is 37.6 Å². The lowest BCUT2D eigenvalue weighted by atomic mass is 10.1. The zero-order valence-electron chi connectivity index (χ0n) is 19.2. The first kappa shape index (κ1) is 25.9. The molecule has 2 rings (SSSR count). The molecule has 0 atom stereocenters. The van der Waals surface area contributed by atoms with E-state index in [1.807, 2.05) is 0 Å². The highest BCUT2D eigenvalue weighted by molar-refractivity contribution is 6.00. The van der Waals surface area contributed by atoms with Crippen molar-refractivity contribution in [3.8, 4) is 5.75 Å². The quantitative estimate of drug-likeness (QED) is 0.305. The minimum atomic E-state index is -0.612. The summed E-state index contributed by atoms with van der Waals surface area (Å²) in [5, 5.41) is 5.31. The zero-order chi connectivity index (χ0) is 23.9. The number of methoxy groups -OCH3 is 1. The van der Waals surface area contributed by atoms with Crippen LogP contribution in [0.1, 0.15) is 49.4 Å². The highest BCUT2D eigenvalue weighted by atomic mass is 16.6. The summed E-state index contributed by atoms with van der Waals surface area (Å²) >= 11 is 0. The van der Waals surface area contributed by atoms with Gasteiger partial charge in [-0.1, -0.05) is 25.8 Å². The third-order valence-corrected chi connectivity index (χ3v) is 4.69. The summed E-state index contributed by atoms with van der Waals surface area (Å²) in [6.07, 6.45) is 2.79. The molecule has 0 saturated heterocycles. The second-order valence-electron chi connectivity index (χ2n) is 7.39. The molecule has 0 radical (unpaired) electrons. The second kappa shape index (κ2) is 14.6. The van der Waals surface area contributed by atoms with Gasteiger partial charge in [0.05, 0.1) is 13.2 Å². The van der Waals surface area contributed by atoms with Crippen LogP contribution in [0.5, 0.6) is 5.75 Å². The van der Waals surface area contributed by atoms with Crippen molar-refractivity contribution in [3.05, 3.63) is 54.1 Å². The molecule has 0 aliphatic heterocycles. The van der Waals surface area contributed by atoms with E-state index in [4.69, 9.17) is 14.2 Å². The Labute approximate surface area is 194 Å². The van der Waals surface area contributed by atoms with Gasteiger partial charge < -0.3 is 19.5 Å². The van der Waals surface area contributed by atoms with E-state index in [1.165, 1.54) is 7.11 Å². The van der Waals surface area contributed by atoms with E-state index in [9.17, 15) is 14.4 Å². The summed E-state index contributed by atoms with van der Waals surface area (Å²) in [7, 11) is 1.52. The maximum atomic E-state index is 12.4. The number of ketones is 1. The number of carbonyl (C=O) groups excluding carboxylic acids is 3. The van der Waals surface area contributed by atoms with Crippen molar-refractivity contribution < 1.29 is 28.6 Å². The van der Waals surface area contributed by atoms with E-state index >= 15 is 0 Å². The Balaban J connectivity index is 1.77. The number of hydrogen-bond donors (Lipinski definition) is 2. The second-order valence-corrected chi connectivity index (χ2v) is 7.39. The first-order valence-corrected chi connectivity index (χ1v) is 11.1. The van der Waals surface area contributed by atoms with Crippen LogP contribution in [0.3, 0.4) is 0 Å². The molecule has 178 valence electrons. The molecule has 8 heteroatoms. The fraction of sp³-hybridized carbons (Fsp3) is 0.400. The summed E-state index contributed by atoms with van der Waals surface area (Å²) in [5.41, 5.74) is 1.52. The van der Waals surface area contributed by atoms with Gasteiger partial charge in [0.2, 0.25) is 5.91 Å². The Morgan fingerprint density at radius 3 is 2.27 bits per heavy atom. The van der Waals surface area contributed by atoms with Crippen LogP contribution in [0.25, 0.3) is 0 Å². The van der Waals surface area contributed by atoms with Gasteiger partial charge >= 0.3 is 6.09 Å². The Kier molecular flexibility index (Phi) is 11.5. The molecule has 0 spiro atoms. The fourth-order valence-corrected chi connectivity index (χ4v) is 2.92. The van der Waals surface area contributed by atoms with Crippen molar-refractivity contribution >= 4 is 29.2 Å². The summed E-state index contributed by atoms with van der Waals surface area (Å²) in [5.74, 6) is 0.326. The van der Waals surface area contributed by atoms with Gasteiger partial charge in [0.25, 0.3) is 0 Å². The SMILES string of the molecule is CCCCCOc1ccc(C(=O)CCC(=O)Nc2cccc(NC(=O)OCCOC)c2)cc1. The number of benzene rings is 2. The molecule has 2 aromatic rings. The third kappa shape index (κ3) is 10.2. The number of ether oxygens (including phenoxy) is 3. The van der Waals surface area contributed by atoms with E-state index in [-0.39, 0.29) is 31.1 Å². The van der Waals surface area contributed by atoms with Crippen LogP contribution in [0.15, 0.2) is 48.5 Å². The molecule has 0 aromatic heterocycles. The number of amides is 2. The number of rotatable bonds is 14. The van der Waals surface area contributed by atoms with Crippen LogP contribution in [0.4, 0.5) is 16.2 Å². The normalized spacial score (nSPS) is 10.4. The molecule has 2 amide bonds. The van der Waals surface area contributed by atoms with Crippen molar-refractivity contribution in [3.63, 3.8) is 0 Å². The van der Waals surface area contributed by atoms with Gasteiger partial charge in [-0.2, -0.15) is 0 Å². The molecule has 8 nitrogen and oxygen atoms in total. The minimum absolute atomic E-state index is 0.0464. The minimum Gasteiger partial charge on any atom is -0.494 e. The Hall–Kier alpha value is -3.39. The summed E-state index contributed by atoms with van der Waals surface area (Å²) in [6.45, 7) is 3.24. The molecule has 33 heavy (non-hydrogen) atoms. The van der Waals surface area contributed by atoms with E-state index in [2.05, 4.69) is 17.6 Å². The van der Waals surface area contributed by atoms with Crippen LogP contribution in [0, 0.1) is 0 Å². The monoisotopic (exact) mass is 456 g/mol. The number of Topliss-reactive ketones (excluding diaryl/α,β-unsaturated/α-hetero) is 1. The number of hydrogen-bond acceptors (Lipinski definition) is 6. The molecular weight excluding hydrogens is 424 g/mol. The number of carbonyl (C=O) groups is 3. The molecule has 0 aliphatic carbocycles. The smallest absolute Gasteiger partial charge is 0.411 e. The zero-order valence-corrected chi connectivity index (χ0v) is 19.2.